The Bertz CT molecular complexity index is 461. The van der Waals surface area contributed by atoms with E-state index in [2.05, 4.69) is 21.2 Å². The molecule has 1 heterocycles. The van der Waals surface area contributed by atoms with Crippen molar-refractivity contribution in [2.45, 2.75) is 12.0 Å². The van der Waals surface area contributed by atoms with Crippen molar-refractivity contribution in [1.82, 2.24) is 5.32 Å². The molecule has 0 aromatic heterocycles. The minimum atomic E-state index is -1.01. The molecule has 0 radical (unpaired) electrons. The molecule has 2 rings (SSSR count). The molecular formula is C12H13BrFNO3. The SMILES string of the molecule is O=C(NCC1(O)CCOC1)c1ccc(Br)c(F)c1. The van der Waals surface area contributed by atoms with Crippen LogP contribution in [0.5, 0.6) is 0 Å². The van der Waals surface area contributed by atoms with Crippen molar-refractivity contribution in [3.63, 3.8) is 0 Å². The maximum absolute atomic E-state index is 13.3. The Morgan fingerprint density at radius 2 is 2.39 bits per heavy atom. The van der Waals surface area contributed by atoms with E-state index in [0.717, 1.165) is 6.07 Å². The molecule has 1 aromatic rings. The van der Waals surface area contributed by atoms with Gasteiger partial charge < -0.3 is 15.2 Å². The molecule has 6 heteroatoms. The molecule has 1 aliphatic heterocycles. The maximum atomic E-state index is 13.3. The first-order valence-electron chi connectivity index (χ1n) is 5.54. The number of halogens is 2. The standard InChI is InChI=1S/C12H13BrFNO3/c13-9-2-1-8(5-10(9)14)11(16)15-6-12(17)3-4-18-7-12/h1-2,5,17H,3-4,6-7H2,(H,15,16). The smallest absolute Gasteiger partial charge is 0.251 e. The number of nitrogens with one attached hydrogen (secondary N) is 1. The molecule has 4 nitrogen and oxygen atoms in total. The van der Waals surface area contributed by atoms with E-state index in [1.807, 2.05) is 0 Å². The lowest BCUT2D eigenvalue weighted by Crippen LogP contribution is -2.43. The van der Waals surface area contributed by atoms with Gasteiger partial charge in [-0.2, -0.15) is 0 Å². The normalized spacial score (nSPS) is 23.1. The topological polar surface area (TPSA) is 58.6 Å². The molecule has 1 aliphatic rings. The summed E-state index contributed by atoms with van der Waals surface area (Å²) in [5.41, 5.74) is -0.790. The molecule has 1 atom stereocenters. The van der Waals surface area contributed by atoms with Gasteiger partial charge in [-0.25, -0.2) is 4.39 Å². The van der Waals surface area contributed by atoms with E-state index in [0.29, 0.717) is 17.5 Å². The van der Waals surface area contributed by atoms with Crippen molar-refractivity contribution < 1.29 is 19.0 Å². The monoisotopic (exact) mass is 317 g/mol. The van der Waals surface area contributed by atoms with Crippen LogP contribution in [0.15, 0.2) is 22.7 Å². The van der Waals surface area contributed by atoms with Gasteiger partial charge in [0.2, 0.25) is 0 Å². The summed E-state index contributed by atoms with van der Waals surface area (Å²) in [6.45, 7) is 0.796. The first kappa shape index (κ1) is 13.5. The second kappa shape index (κ2) is 5.34. The van der Waals surface area contributed by atoms with Crippen LogP contribution in [0.4, 0.5) is 4.39 Å². The lowest BCUT2D eigenvalue weighted by atomic mass is 10.0. The summed E-state index contributed by atoms with van der Waals surface area (Å²) < 4.78 is 18.6. The van der Waals surface area contributed by atoms with Crippen molar-refractivity contribution in [3.05, 3.63) is 34.1 Å². The Morgan fingerprint density at radius 1 is 1.61 bits per heavy atom. The van der Waals surface area contributed by atoms with Crippen molar-refractivity contribution in [3.8, 4) is 0 Å². The predicted molar refractivity (Wildman–Crippen MR) is 66.8 cm³/mol. The van der Waals surface area contributed by atoms with Crippen LogP contribution >= 0.6 is 15.9 Å². The Morgan fingerprint density at radius 3 is 3.00 bits per heavy atom. The third kappa shape index (κ3) is 3.07. The summed E-state index contributed by atoms with van der Waals surface area (Å²) in [4.78, 5) is 11.8. The number of carbonyl (C=O) groups is 1. The van der Waals surface area contributed by atoms with E-state index >= 15 is 0 Å². The van der Waals surface area contributed by atoms with Gasteiger partial charge in [0, 0.05) is 25.1 Å². The molecule has 2 N–H and O–H groups in total. The lowest BCUT2D eigenvalue weighted by molar-refractivity contribution is 0.0264. The predicted octanol–water partition coefficient (Wildman–Crippen LogP) is 1.47. The summed E-state index contributed by atoms with van der Waals surface area (Å²) in [6.07, 6.45) is 0.488. The summed E-state index contributed by atoms with van der Waals surface area (Å²) in [6, 6.07) is 4.13. The van der Waals surface area contributed by atoms with Crippen LogP contribution in [0.3, 0.4) is 0 Å². The first-order valence-corrected chi connectivity index (χ1v) is 6.33. The van der Waals surface area contributed by atoms with Gasteiger partial charge in [0.05, 0.1) is 11.1 Å². The van der Waals surface area contributed by atoms with Gasteiger partial charge in [0.25, 0.3) is 5.91 Å². The minimum absolute atomic E-state index is 0.101. The van der Waals surface area contributed by atoms with Crippen LogP contribution < -0.4 is 5.32 Å². The van der Waals surface area contributed by atoms with Crippen LogP contribution in [0.25, 0.3) is 0 Å². The molecule has 1 amide bonds. The van der Waals surface area contributed by atoms with E-state index in [1.54, 1.807) is 0 Å². The number of benzene rings is 1. The van der Waals surface area contributed by atoms with Gasteiger partial charge in [0.1, 0.15) is 11.4 Å². The van der Waals surface area contributed by atoms with Gasteiger partial charge in [-0.3, -0.25) is 4.79 Å². The summed E-state index contributed by atoms with van der Waals surface area (Å²) in [7, 11) is 0. The fourth-order valence-corrected chi connectivity index (χ4v) is 1.97. The third-order valence-corrected chi connectivity index (χ3v) is 3.49. The van der Waals surface area contributed by atoms with Crippen molar-refractivity contribution in [1.29, 1.82) is 0 Å². The molecule has 18 heavy (non-hydrogen) atoms. The molecule has 0 spiro atoms. The van der Waals surface area contributed by atoms with Gasteiger partial charge in [0.15, 0.2) is 0 Å². The van der Waals surface area contributed by atoms with Crippen LogP contribution in [0.1, 0.15) is 16.8 Å². The minimum Gasteiger partial charge on any atom is -0.386 e. The molecule has 0 aliphatic carbocycles. The average Bonchev–Trinajstić information content (AvgIpc) is 2.77. The number of hydrogen-bond donors (Lipinski definition) is 2. The molecule has 1 aromatic carbocycles. The van der Waals surface area contributed by atoms with Gasteiger partial charge >= 0.3 is 0 Å². The van der Waals surface area contributed by atoms with Crippen LogP contribution in [0.2, 0.25) is 0 Å². The number of carbonyl (C=O) groups excluding carboxylic acids is 1. The van der Waals surface area contributed by atoms with Gasteiger partial charge in [-0.15, -0.1) is 0 Å². The highest BCUT2D eigenvalue weighted by molar-refractivity contribution is 9.10. The number of ether oxygens (including phenoxy) is 1. The van der Waals surface area contributed by atoms with Crippen molar-refractivity contribution in [2.75, 3.05) is 19.8 Å². The number of amides is 1. The Hall–Kier alpha value is -0.980. The highest BCUT2D eigenvalue weighted by Gasteiger charge is 2.32. The molecule has 1 saturated heterocycles. The van der Waals surface area contributed by atoms with Crippen molar-refractivity contribution in [2.24, 2.45) is 0 Å². The highest BCUT2D eigenvalue weighted by atomic mass is 79.9. The van der Waals surface area contributed by atoms with E-state index in [9.17, 15) is 14.3 Å². The molecule has 0 bridgehead atoms. The Balaban J connectivity index is 1.97. The lowest BCUT2D eigenvalue weighted by Gasteiger charge is -2.20. The number of rotatable bonds is 3. The molecule has 98 valence electrons. The summed E-state index contributed by atoms with van der Waals surface area (Å²) >= 11 is 3.02. The second-order valence-electron chi connectivity index (χ2n) is 4.34. The highest BCUT2D eigenvalue weighted by Crippen LogP contribution is 2.18. The average molecular weight is 318 g/mol. The molecule has 0 saturated carbocycles. The van der Waals surface area contributed by atoms with Crippen molar-refractivity contribution >= 4 is 21.8 Å². The van der Waals surface area contributed by atoms with Crippen LogP contribution in [0, 0.1) is 5.82 Å². The van der Waals surface area contributed by atoms with E-state index < -0.39 is 17.3 Å². The molecule has 1 fully saturated rings. The number of hydrogen-bond acceptors (Lipinski definition) is 3. The largest absolute Gasteiger partial charge is 0.386 e. The number of aliphatic hydroxyl groups is 1. The first-order chi connectivity index (χ1) is 8.50. The molecule has 1 unspecified atom stereocenters. The van der Waals surface area contributed by atoms with E-state index in [1.165, 1.54) is 12.1 Å². The molecular weight excluding hydrogens is 305 g/mol. The quantitative estimate of drug-likeness (QED) is 0.887. The fraction of sp³-hybridized carbons (Fsp3) is 0.417. The summed E-state index contributed by atoms with van der Waals surface area (Å²) in [5.74, 6) is -0.910. The third-order valence-electron chi connectivity index (χ3n) is 2.84. The van der Waals surface area contributed by atoms with Crippen LogP contribution in [-0.4, -0.2) is 36.4 Å². The van der Waals surface area contributed by atoms with E-state index in [-0.39, 0.29) is 18.7 Å². The zero-order valence-electron chi connectivity index (χ0n) is 9.58. The Kier molecular flexibility index (Phi) is 3.99. The van der Waals surface area contributed by atoms with Gasteiger partial charge in [-0.05, 0) is 34.1 Å². The van der Waals surface area contributed by atoms with Gasteiger partial charge in [-0.1, -0.05) is 0 Å². The van der Waals surface area contributed by atoms with Crippen LogP contribution in [-0.2, 0) is 4.74 Å². The zero-order valence-corrected chi connectivity index (χ0v) is 11.2. The summed E-state index contributed by atoms with van der Waals surface area (Å²) in [5, 5.41) is 12.5. The van der Waals surface area contributed by atoms with E-state index in [4.69, 9.17) is 4.74 Å². The Labute approximate surface area is 112 Å². The fourth-order valence-electron chi connectivity index (χ4n) is 1.72. The zero-order chi connectivity index (χ0) is 13.2. The maximum Gasteiger partial charge on any atom is 0.251 e. The second-order valence-corrected chi connectivity index (χ2v) is 5.19.